The van der Waals surface area contributed by atoms with Crippen LogP contribution in [0, 0.1) is 11.3 Å². The largest absolute Gasteiger partial charge is 0.459 e. The number of nitrogens with one attached hydrogen (secondary N) is 2. The van der Waals surface area contributed by atoms with Crippen LogP contribution < -0.4 is 10.6 Å². The molecule has 1 rings (SSSR count). The van der Waals surface area contributed by atoms with Gasteiger partial charge in [0.2, 0.25) is 0 Å². The molecule has 9 heteroatoms. The van der Waals surface area contributed by atoms with Gasteiger partial charge in [0, 0.05) is 12.7 Å². The maximum atomic E-state index is 12.1. The molecule has 2 N–H and O–H groups in total. The lowest BCUT2D eigenvalue weighted by Crippen LogP contribution is -2.23. The van der Waals surface area contributed by atoms with Crippen molar-refractivity contribution in [3.8, 4) is 6.07 Å². The van der Waals surface area contributed by atoms with Crippen molar-refractivity contribution in [2.24, 2.45) is 0 Å². The fourth-order valence-corrected chi connectivity index (χ4v) is 2.50. The first-order chi connectivity index (χ1) is 11.7. The second-order valence-corrected chi connectivity index (χ2v) is 6.20. The molecular formula is C16H16Cl3N3O3. The Balaban J connectivity index is 3.22. The van der Waals surface area contributed by atoms with Crippen molar-refractivity contribution in [3.05, 3.63) is 38.5 Å². The van der Waals surface area contributed by atoms with Crippen LogP contribution in [0.2, 0.25) is 15.1 Å². The molecule has 0 aliphatic rings. The number of ether oxygens (including phenoxy) is 1. The molecule has 0 saturated carbocycles. The van der Waals surface area contributed by atoms with E-state index in [1.807, 2.05) is 0 Å². The summed E-state index contributed by atoms with van der Waals surface area (Å²) in [7, 11) is 0. The molecule has 25 heavy (non-hydrogen) atoms. The van der Waals surface area contributed by atoms with Crippen molar-refractivity contribution in [1.82, 2.24) is 5.32 Å². The Morgan fingerprint density at radius 2 is 1.96 bits per heavy atom. The number of rotatable bonds is 6. The van der Waals surface area contributed by atoms with Crippen molar-refractivity contribution in [1.29, 1.82) is 5.26 Å². The molecule has 0 heterocycles. The number of carbonyl (C=O) groups is 2. The predicted octanol–water partition coefficient (Wildman–Crippen LogP) is 4.17. The zero-order valence-electron chi connectivity index (χ0n) is 13.7. The maximum Gasteiger partial charge on any atom is 0.350 e. The highest BCUT2D eigenvalue weighted by atomic mass is 35.5. The molecule has 0 unspecified atom stereocenters. The second kappa shape index (κ2) is 9.52. The lowest BCUT2D eigenvalue weighted by Gasteiger charge is -2.13. The van der Waals surface area contributed by atoms with E-state index < -0.39 is 11.9 Å². The summed E-state index contributed by atoms with van der Waals surface area (Å²) < 4.78 is 4.94. The molecule has 0 aliphatic heterocycles. The number of hydrogen-bond acceptors (Lipinski definition) is 5. The Morgan fingerprint density at radius 3 is 2.48 bits per heavy atom. The van der Waals surface area contributed by atoms with Gasteiger partial charge in [0.05, 0.1) is 32.4 Å². The third kappa shape index (κ3) is 5.53. The Kier molecular flexibility index (Phi) is 8.04. The molecule has 1 aromatic rings. The van der Waals surface area contributed by atoms with E-state index in [2.05, 4.69) is 10.6 Å². The van der Waals surface area contributed by atoms with Crippen LogP contribution in [0.3, 0.4) is 0 Å². The molecule has 134 valence electrons. The van der Waals surface area contributed by atoms with Gasteiger partial charge in [-0.05, 0) is 26.8 Å². The minimum Gasteiger partial charge on any atom is -0.459 e. The van der Waals surface area contributed by atoms with Crippen LogP contribution in [0.1, 0.15) is 31.1 Å². The predicted molar refractivity (Wildman–Crippen MR) is 98.0 cm³/mol. The highest BCUT2D eigenvalue weighted by Crippen LogP contribution is 2.37. The van der Waals surface area contributed by atoms with E-state index in [1.54, 1.807) is 26.8 Å². The number of hydrogen-bond donors (Lipinski definition) is 2. The van der Waals surface area contributed by atoms with Crippen molar-refractivity contribution in [2.75, 3.05) is 11.9 Å². The maximum absolute atomic E-state index is 12.1. The first-order valence-corrected chi connectivity index (χ1v) is 8.39. The van der Waals surface area contributed by atoms with Gasteiger partial charge in [-0.25, -0.2) is 4.79 Å². The fourth-order valence-electron chi connectivity index (χ4n) is 1.72. The molecule has 0 radical (unpaired) electrons. The quantitative estimate of drug-likeness (QED) is 0.321. The van der Waals surface area contributed by atoms with Gasteiger partial charge in [-0.3, -0.25) is 4.79 Å². The van der Waals surface area contributed by atoms with E-state index >= 15 is 0 Å². The molecule has 0 spiro atoms. The summed E-state index contributed by atoms with van der Waals surface area (Å²) in [5.41, 5.74) is -0.0605. The molecule has 1 aromatic carbocycles. The fraction of sp³-hybridized carbons (Fsp3) is 0.312. The van der Waals surface area contributed by atoms with Gasteiger partial charge >= 0.3 is 5.97 Å². The summed E-state index contributed by atoms with van der Waals surface area (Å²) in [4.78, 5) is 23.9. The molecule has 0 bridgehead atoms. The highest BCUT2D eigenvalue weighted by molar-refractivity contribution is 6.47. The number of esters is 1. The van der Waals surface area contributed by atoms with E-state index in [9.17, 15) is 9.59 Å². The van der Waals surface area contributed by atoms with Gasteiger partial charge in [0.1, 0.15) is 6.07 Å². The number of benzene rings is 1. The number of carbonyl (C=O) groups excluding carboxylic acids is 2. The van der Waals surface area contributed by atoms with Crippen LogP contribution in [0.4, 0.5) is 5.69 Å². The van der Waals surface area contributed by atoms with Gasteiger partial charge in [0.15, 0.2) is 5.57 Å². The van der Waals surface area contributed by atoms with Crippen molar-refractivity contribution in [2.45, 2.75) is 26.9 Å². The molecular weight excluding hydrogens is 389 g/mol. The van der Waals surface area contributed by atoms with Crippen LogP contribution in [-0.4, -0.2) is 24.5 Å². The Bertz CT molecular complexity index is 755. The second-order valence-electron chi connectivity index (χ2n) is 5.04. The van der Waals surface area contributed by atoms with Crippen molar-refractivity contribution < 1.29 is 14.3 Å². The molecule has 6 nitrogen and oxygen atoms in total. The third-order valence-electron chi connectivity index (χ3n) is 2.78. The first kappa shape index (κ1) is 21.1. The van der Waals surface area contributed by atoms with Crippen LogP contribution in [0.25, 0.3) is 0 Å². The summed E-state index contributed by atoms with van der Waals surface area (Å²) in [6.07, 6.45) is 0.750. The van der Waals surface area contributed by atoms with Crippen LogP contribution >= 0.6 is 34.8 Å². The molecule has 0 fully saturated rings. The zero-order valence-corrected chi connectivity index (χ0v) is 16.0. The SMILES string of the molecule is CCNC(=O)c1c(Cl)c(Cl)cc(NC=C(C#N)C(=O)OC(C)C)c1Cl. The van der Waals surface area contributed by atoms with Gasteiger partial charge in [-0.15, -0.1) is 0 Å². The van der Waals surface area contributed by atoms with Crippen LogP contribution in [-0.2, 0) is 9.53 Å². The van der Waals surface area contributed by atoms with E-state index in [1.165, 1.54) is 6.07 Å². The highest BCUT2D eigenvalue weighted by Gasteiger charge is 2.21. The molecule has 0 aromatic heterocycles. The lowest BCUT2D eigenvalue weighted by atomic mass is 10.1. The minimum atomic E-state index is -0.787. The number of halogens is 3. The average molecular weight is 405 g/mol. The third-order valence-corrected chi connectivity index (χ3v) is 3.96. The molecule has 0 aliphatic carbocycles. The zero-order chi connectivity index (χ0) is 19.1. The van der Waals surface area contributed by atoms with Crippen LogP contribution in [0.15, 0.2) is 17.8 Å². The average Bonchev–Trinajstić information content (AvgIpc) is 2.52. The smallest absolute Gasteiger partial charge is 0.350 e. The van der Waals surface area contributed by atoms with Gasteiger partial charge in [-0.1, -0.05) is 34.8 Å². The standard InChI is InChI=1S/C16H16Cl3N3O3/c1-4-21-15(23)12-13(18)10(17)5-11(14(12)19)22-7-9(6-20)16(24)25-8(2)3/h5,7-8,22H,4H2,1-3H3,(H,21,23). The van der Waals surface area contributed by atoms with Crippen molar-refractivity contribution >= 4 is 52.4 Å². The molecule has 0 saturated heterocycles. The summed E-state index contributed by atoms with van der Waals surface area (Å²) in [5, 5.41) is 14.4. The van der Waals surface area contributed by atoms with Gasteiger partial charge in [0.25, 0.3) is 5.91 Å². The number of nitriles is 1. The number of anilines is 1. The topological polar surface area (TPSA) is 91.2 Å². The summed E-state index contributed by atoms with van der Waals surface area (Å²) in [6.45, 7) is 5.44. The summed E-state index contributed by atoms with van der Waals surface area (Å²) >= 11 is 18.3. The van der Waals surface area contributed by atoms with Gasteiger partial charge in [-0.2, -0.15) is 5.26 Å². The normalized spacial score (nSPS) is 11.0. The first-order valence-electron chi connectivity index (χ1n) is 7.26. The summed E-state index contributed by atoms with van der Waals surface area (Å²) in [6, 6.07) is 3.11. The molecule has 1 amide bonds. The van der Waals surface area contributed by atoms with Gasteiger partial charge < -0.3 is 15.4 Å². The monoisotopic (exact) mass is 403 g/mol. The molecule has 0 atom stereocenters. The number of amides is 1. The minimum absolute atomic E-state index is 0.00292. The Labute approximate surface area is 160 Å². The summed E-state index contributed by atoms with van der Waals surface area (Å²) in [5.74, 6) is -1.28. The Hall–Kier alpha value is -1.94. The van der Waals surface area contributed by atoms with Crippen molar-refractivity contribution in [3.63, 3.8) is 0 Å². The lowest BCUT2D eigenvalue weighted by molar-refractivity contribution is -0.142. The van der Waals surface area contributed by atoms with E-state index in [-0.39, 0.29) is 38.0 Å². The van der Waals surface area contributed by atoms with Crippen LogP contribution in [0.5, 0.6) is 0 Å². The van der Waals surface area contributed by atoms with E-state index in [0.717, 1.165) is 6.20 Å². The van der Waals surface area contributed by atoms with E-state index in [0.29, 0.717) is 6.54 Å². The van der Waals surface area contributed by atoms with E-state index in [4.69, 9.17) is 44.8 Å². The number of nitrogens with zero attached hydrogens (tertiary/aromatic N) is 1. The Morgan fingerprint density at radius 1 is 1.32 bits per heavy atom.